The fourth-order valence-electron chi connectivity index (χ4n) is 3.12. The molecule has 31 heavy (non-hydrogen) atoms. The quantitative estimate of drug-likeness (QED) is 0.699. The van der Waals surface area contributed by atoms with Crippen molar-refractivity contribution in [3.05, 3.63) is 18.5 Å². The smallest absolute Gasteiger partial charge is 0.410 e. The minimum Gasteiger partial charge on any atom is -0.473 e. The van der Waals surface area contributed by atoms with Crippen LogP contribution in [0.25, 0.3) is 0 Å². The van der Waals surface area contributed by atoms with Gasteiger partial charge >= 0.3 is 12.7 Å². The molecule has 170 valence electrons. The first-order valence-corrected chi connectivity index (χ1v) is 9.84. The van der Waals surface area contributed by atoms with Gasteiger partial charge < -0.3 is 24.4 Å². The van der Waals surface area contributed by atoms with E-state index in [1.165, 1.54) is 18.5 Å². The van der Waals surface area contributed by atoms with Crippen molar-refractivity contribution in [3.8, 4) is 11.8 Å². The maximum absolute atomic E-state index is 12.3. The number of ether oxygens (including phenoxy) is 3. The first-order valence-electron chi connectivity index (χ1n) is 9.84. The second kappa shape index (κ2) is 9.31. The number of carbonyl (C=O) groups is 1. The highest BCUT2D eigenvalue weighted by molar-refractivity contribution is 5.68. The van der Waals surface area contributed by atoms with Crippen LogP contribution < -0.4 is 14.8 Å². The summed E-state index contributed by atoms with van der Waals surface area (Å²) in [6.07, 6.45) is 3.70. The van der Waals surface area contributed by atoms with E-state index in [9.17, 15) is 13.6 Å². The third kappa shape index (κ3) is 6.66. The van der Waals surface area contributed by atoms with Crippen LogP contribution in [0.1, 0.15) is 40.5 Å². The summed E-state index contributed by atoms with van der Waals surface area (Å²) in [6.45, 7) is 4.99. The highest BCUT2D eigenvalue weighted by Gasteiger charge is 2.32. The third-order valence-electron chi connectivity index (χ3n) is 4.38. The van der Waals surface area contributed by atoms with Gasteiger partial charge in [-0.1, -0.05) is 0 Å². The average Bonchev–Trinajstić information content (AvgIpc) is 3.06. The van der Waals surface area contributed by atoms with Crippen LogP contribution in [0.4, 0.5) is 25.2 Å². The van der Waals surface area contributed by atoms with E-state index in [4.69, 9.17) is 9.47 Å². The molecular weight excluding hydrogens is 414 g/mol. The fourth-order valence-corrected chi connectivity index (χ4v) is 3.12. The van der Waals surface area contributed by atoms with E-state index in [-0.39, 0.29) is 24.1 Å². The van der Waals surface area contributed by atoms with Gasteiger partial charge in [0.1, 0.15) is 17.5 Å². The lowest BCUT2D eigenvalue weighted by atomic mass is 10.0. The van der Waals surface area contributed by atoms with E-state index in [1.807, 2.05) is 27.7 Å². The van der Waals surface area contributed by atoms with Crippen molar-refractivity contribution in [2.45, 2.75) is 64.9 Å². The third-order valence-corrected chi connectivity index (χ3v) is 4.38. The SMILES string of the molecule is C[C@H]1C[C@H](Oc2cncc(Nc3cc(OC(F)F)n[nH]3)n2)CCN1C(=O)OC(C)(C)C. The zero-order valence-corrected chi connectivity index (χ0v) is 17.8. The molecule has 2 aromatic heterocycles. The summed E-state index contributed by atoms with van der Waals surface area (Å²) in [5.41, 5.74) is -0.547. The Morgan fingerprint density at radius 1 is 1.32 bits per heavy atom. The summed E-state index contributed by atoms with van der Waals surface area (Å²) in [4.78, 5) is 22.4. The van der Waals surface area contributed by atoms with Crippen LogP contribution in [-0.2, 0) is 4.74 Å². The number of aromatic nitrogens is 4. The van der Waals surface area contributed by atoms with Crippen LogP contribution in [0, 0.1) is 0 Å². The molecule has 0 aromatic carbocycles. The molecule has 1 saturated heterocycles. The maximum Gasteiger partial charge on any atom is 0.410 e. The fraction of sp³-hybridized carbons (Fsp3) is 0.579. The lowest BCUT2D eigenvalue weighted by Gasteiger charge is -2.38. The van der Waals surface area contributed by atoms with Gasteiger partial charge in [0.2, 0.25) is 11.8 Å². The lowest BCUT2D eigenvalue weighted by molar-refractivity contribution is -0.0528. The molecule has 0 aliphatic carbocycles. The van der Waals surface area contributed by atoms with Crippen LogP contribution in [-0.4, -0.2) is 62.1 Å². The number of carbonyl (C=O) groups excluding carboxylic acids is 1. The molecule has 2 N–H and O–H groups in total. The number of alkyl halides is 2. The number of rotatable bonds is 6. The van der Waals surface area contributed by atoms with Gasteiger partial charge in [0.25, 0.3) is 0 Å². The summed E-state index contributed by atoms with van der Waals surface area (Å²) in [6, 6.07) is 1.22. The van der Waals surface area contributed by atoms with E-state index in [1.54, 1.807) is 4.90 Å². The number of hydrogen-bond acceptors (Lipinski definition) is 8. The minimum absolute atomic E-state index is 0.0545. The first kappa shape index (κ1) is 22.5. The Labute approximate surface area is 178 Å². The number of anilines is 2. The Bertz CT molecular complexity index is 888. The number of nitrogens with zero attached hydrogens (tertiary/aromatic N) is 4. The maximum atomic E-state index is 12.3. The molecule has 0 radical (unpaired) electrons. The van der Waals surface area contributed by atoms with Crippen LogP contribution >= 0.6 is 0 Å². The van der Waals surface area contributed by atoms with Gasteiger partial charge in [-0.2, -0.15) is 13.8 Å². The van der Waals surface area contributed by atoms with Crippen molar-refractivity contribution in [3.63, 3.8) is 0 Å². The van der Waals surface area contributed by atoms with Crippen LogP contribution in [0.15, 0.2) is 18.5 Å². The topological polar surface area (TPSA) is 114 Å². The van der Waals surface area contributed by atoms with E-state index in [0.29, 0.717) is 36.9 Å². The molecule has 2 aromatic rings. The van der Waals surface area contributed by atoms with Gasteiger partial charge in [-0.15, -0.1) is 5.10 Å². The van der Waals surface area contributed by atoms with Crippen LogP contribution in [0.3, 0.4) is 0 Å². The zero-order valence-electron chi connectivity index (χ0n) is 17.8. The van der Waals surface area contributed by atoms with Crippen molar-refractivity contribution < 1.29 is 27.8 Å². The highest BCUT2D eigenvalue weighted by Crippen LogP contribution is 2.25. The molecule has 3 rings (SSSR count). The van der Waals surface area contributed by atoms with Crippen molar-refractivity contribution in [2.75, 3.05) is 11.9 Å². The van der Waals surface area contributed by atoms with Crippen molar-refractivity contribution in [1.82, 2.24) is 25.1 Å². The second-order valence-corrected chi connectivity index (χ2v) is 8.15. The second-order valence-electron chi connectivity index (χ2n) is 8.15. The number of hydrogen-bond donors (Lipinski definition) is 2. The molecular formula is C19H26F2N6O4. The molecule has 0 bridgehead atoms. The molecule has 1 aliphatic heterocycles. The van der Waals surface area contributed by atoms with Crippen molar-refractivity contribution in [2.24, 2.45) is 0 Å². The standard InChI is InChI=1S/C19H26F2N6O4/c1-11-7-12(5-6-27(11)18(28)31-19(2,3)4)29-16-10-22-9-14(24-16)23-13-8-15(26-25-13)30-17(20)21/h8-12,17H,5-7H2,1-4H3,(H2,23,24,25,26)/t11-,12+/m0/s1. The van der Waals surface area contributed by atoms with Gasteiger partial charge in [0.15, 0.2) is 5.82 Å². The molecule has 0 saturated carbocycles. The summed E-state index contributed by atoms with van der Waals surface area (Å²) >= 11 is 0. The van der Waals surface area contributed by atoms with E-state index in [0.717, 1.165) is 0 Å². The Balaban J connectivity index is 1.55. The van der Waals surface area contributed by atoms with Gasteiger partial charge in [-0.25, -0.2) is 4.79 Å². The number of halogens is 2. The summed E-state index contributed by atoms with van der Waals surface area (Å²) in [5, 5.41) is 8.99. The number of aromatic amines is 1. The number of amides is 1. The van der Waals surface area contributed by atoms with E-state index >= 15 is 0 Å². The van der Waals surface area contributed by atoms with Gasteiger partial charge in [0.05, 0.1) is 12.4 Å². The Kier molecular flexibility index (Phi) is 6.76. The normalized spacial score (nSPS) is 19.3. The highest BCUT2D eigenvalue weighted by atomic mass is 19.3. The summed E-state index contributed by atoms with van der Waals surface area (Å²) in [5.74, 6) is 0.700. The molecule has 0 unspecified atom stereocenters. The number of nitrogens with one attached hydrogen (secondary N) is 2. The minimum atomic E-state index is -2.96. The Hall–Kier alpha value is -3.18. The first-order chi connectivity index (χ1) is 14.6. The molecule has 12 heteroatoms. The summed E-state index contributed by atoms with van der Waals surface area (Å²) < 4.78 is 40.1. The predicted molar refractivity (Wildman–Crippen MR) is 107 cm³/mol. The van der Waals surface area contributed by atoms with Gasteiger partial charge in [0, 0.05) is 31.5 Å². The van der Waals surface area contributed by atoms with E-state index in [2.05, 4.69) is 30.2 Å². The van der Waals surface area contributed by atoms with Gasteiger partial charge in [-0.3, -0.25) is 10.1 Å². The van der Waals surface area contributed by atoms with Crippen molar-refractivity contribution >= 4 is 17.7 Å². The number of piperidine rings is 1. The predicted octanol–water partition coefficient (Wildman–Crippen LogP) is 3.71. The molecule has 1 amide bonds. The van der Waals surface area contributed by atoms with Gasteiger partial charge in [-0.05, 0) is 27.7 Å². The molecule has 0 spiro atoms. The zero-order chi connectivity index (χ0) is 22.6. The summed E-state index contributed by atoms with van der Waals surface area (Å²) in [7, 11) is 0. The molecule has 1 fully saturated rings. The Morgan fingerprint density at radius 3 is 2.77 bits per heavy atom. The largest absolute Gasteiger partial charge is 0.473 e. The molecule has 10 nitrogen and oxygen atoms in total. The average molecular weight is 440 g/mol. The Morgan fingerprint density at radius 2 is 2.10 bits per heavy atom. The van der Waals surface area contributed by atoms with E-state index < -0.39 is 12.2 Å². The molecule has 2 atom stereocenters. The van der Waals surface area contributed by atoms with Crippen LogP contribution in [0.5, 0.6) is 11.8 Å². The molecule has 3 heterocycles. The molecule has 1 aliphatic rings. The monoisotopic (exact) mass is 440 g/mol. The lowest BCUT2D eigenvalue weighted by Crippen LogP contribution is -2.49. The number of likely N-dealkylation sites (tertiary alicyclic amines) is 1. The van der Waals surface area contributed by atoms with Crippen LogP contribution in [0.2, 0.25) is 0 Å². The van der Waals surface area contributed by atoms with Crippen molar-refractivity contribution in [1.29, 1.82) is 0 Å². The number of H-pyrrole nitrogens is 1.